The van der Waals surface area contributed by atoms with Crippen LogP contribution in [-0.4, -0.2) is 9.13 Å². The van der Waals surface area contributed by atoms with Gasteiger partial charge in [-0.05, 0) is 120 Å². The van der Waals surface area contributed by atoms with Crippen molar-refractivity contribution in [3.05, 3.63) is 182 Å². The van der Waals surface area contributed by atoms with E-state index in [0.717, 1.165) is 79.1 Å². The van der Waals surface area contributed by atoms with Gasteiger partial charge in [-0.1, -0.05) is 97.1 Å². The first-order chi connectivity index (χ1) is 28.7. The molecule has 1 aliphatic rings. The number of hydrogen-bond donors (Lipinski definition) is 0. The summed E-state index contributed by atoms with van der Waals surface area (Å²) in [6, 6.07) is 59.2. The smallest absolute Gasteiger partial charge is 0.178 e. The fourth-order valence-corrected chi connectivity index (χ4v) is 9.65. The van der Waals surface area contributed by atoms with Gasteiger partial charge in [-0.25, -0.2) is 0 Å². The van der Waals surface area contributed by atoms with Crippen molar-refractivity contribution in [3.8, 4) is 27.9 Å². The second-order valence-corrected chi connectivity index (χ2v) is 15.6. The van der Waals surface area contributed by atoms with Crippen LogP contribution in [0.5, 0.6) is 0 Å². The number of allylic oxidation sites excluding steroid dienone is 4. The predicted molar refractivity (Wildman–Crippen MR) is 242 cm³/mol. The molecule has 0 bridgehead atoms. The van der Waals surface area contributed by atoms with Crippen molar-refractivity contribution in [1.29, 1.82) is 0 Å². The maximum absolute atomic E-state index is 6.61. The minimum absolute atomic E-state index is 0.779. The number of rotatable bonds is 4. The Morgan fingerprint density at radius 1 is 0.362 bits per heavy atom. The lowest BCUT2D eigenvalue weighted by atomic mass is 10.00. The Kier molecular flexibility index (Phi) is 6.53. The van der Waals surface area contributed by atoms with E-state index in [1.54, 1.807) is 0 Å². The Morgan fingerprint density at radius 3 is 1.48 bits per heavy atom. The predicted octanol–water partition coefficient (Wildman–Crippen LogP) is 15.2. The normalized spacial score (nSPS) is 13.4. The molecule has 0 aliphatic heterocycles. The summed E-state index contributed by atoms with van der Waals surface area (Å²) in [5.74, 6) is 0. The van der Waals surface area contributed by atoms with Crippen LogP contribution in [0.2, 0.25) is 0 Å². The first-order valence-electron chi connectivity index (χ1n) is 20.1. The molecule has 4 heteroatoms. The molecular formula is C54H34N2O2. The van der Waals surface area contributed by atoms with Crippen molar-refractivity contribution < 1.29 is 8.83 Å². The van der Waals surface area contributed by atoms with Crippen LogP contribution in [0.4, 0.5) is 0 Å². The molecule has 0 N–H and O–H groups in total. The summed E-state index contributed by atoms with van der Waals surface area (Å²) in [4.78, 5) is 0. The first-order valence-corrected chi connectivity index (χ1v) is 20.1. The van der Waals surface area contributed by atoms with Crippen molar-refractivity contribution in [2.24, 2.45) is 0 Å². The summed E-state index contributed by atoms with van der Waals surface area (Å²) in [5, 5.41) is 9.29. The molecule has 0 atom stereocenters. The van der Waals surface area contributed by atoms with Gasteiger partial charge in [0.2, 0.25) is 0 Å². The van der Waals surface area contributed by atoms with Gasteiger partial charge in [0.1, 0.15) is 11.2 Å². The molecule has 0 amide bonds. The number of fused-ring (bicyclic) bond motifs is 13. The Labute approximate surface area is 332 Å². The molecule has 0 unspecified atom stereocenters. The van der Waals surface area contributed by atoms with Crippen LogP contribution in [0.3, 0.4) is 0 Å². The van der Waals surface area contributed by atoms with Crippen LogP contribution < -0.4 is 0 Å². The van der Waals surface area contributed by atoms with Gasteiger partial charge in [0, 0.05) is 54.5 Å². The molecule has 0 radical (unpaired) electrons. The van der Waals surface area contributed by atoms with Crippen molar-refractivity contribution in [3.63, 3.8) is 0 Å². The van der Waals surface area contributed by atoms with Crippen LogP contribution in [0.25, 0.3) is 121 Å². The number of aromatic nitrogens is 2. The molecule has 0 spiro atoms. The third kappa shape index (κ3) is 4.51. The molecule has 0 fully saturated rings. The highest BCUT2D eigenvalue weighted by molar-refractivity contribution is 6.20. The molecule has 13 rings (SSSR count). The number of benzene rings is 8. The zero-order valence-electron chi connectivity index (χ0n) is 31.4. The van der Waals surface area contributed by atoms with Gasteiger partial charge in [-0.15, -0.1) is 0 Å². The maximum Gasteiger partial charge on any atom is 0.178 e. The van der Waals surface area contributed by atoms with Gasteiger partial charge < -0.3 is 18.0 Å². The van der Waals surface area contributed by atoms with Crippen molar-refractivity contribution in [1.82, 2.24) is 9.13 Å². The van der Waals surface area contributed by atoms with Crippen LogP contribution in [-0.2, 0) is 0 Å². The van der Waals surface area contributed by atoms with Gasteiger partial charge in [0.15, 0.2) is 11.2 Å². The van der Waals surface area contributed by atoms with E-state index in [1.807, 2.05) is 0 Å². The molecule has 0 saturated heterocycles. The molecular weight excluding hydrogens is 709 g/mol. The monoisotopic (exact) mass is 742 g/mol. The summed E-state index contributed by atoms with van der Waals surface area (Å²) < 4.78 is 18.0. The van der Waals surface area contributed by atoms with Crippen LogP contribution in [0.15, 0.2) is 191 Å². The molecule has 4 heterocycles. The van der Waals surface area contributed by atoms with Gasteiger partial charge in [0.25, 0.3) is 0 Å². The highest BCUT2D eigenvalue weighted by Crippen LogP contribution is 2.42. The van der Waals surface area contributed by atoms with Crippen molar-refractivity contribution in [2.45, 2.75) is 12.8 Å². The van der Waals surface area contributed by atoms with Crippen LogP contribution >= 0.6 is 0 Å². The van der Waals surface area contributed by atoms with E-state index in [4.69, 9.17) is 8.83 Å². The van der Waals surface area contributed by atoms with E-state index >= 15 is 0 Å². The van der Waals surface area contributed by atoms with Gasteiger partial charge >= 0.3 is 0 Å². The van der Waals surface area contributed by atoms with E-state index in [1.165, 1.54) is 54.9 Å². The minimum Gasteiger partial charge on any atom is -0.452 e. The molecule has 4 nitrogen and oxygen atoms in total. The highest BCUT2D eigenvalue weighted by atomic mass is 16.4. The standard InChI is InChI=1S/C54H34N2O2/c1-2-12-37(13-3-1)55-49-20-9-6-17-41(49)44-30-34(21-26-50(44)55)36-23-28-52-46(32-36)43-25-24-42-45-31-35(22-27-51(45)57-53(42)54(43)58-52)33-11-10-14-38(29-33)56-47-18-7-4-15-39(47)40-16-5-8-19-48(40)56/h2,4-32H,1,3H2. The first kappa shape index (κ1) is 31.6. The van der Waals surface area contributed by atoms with Crippen molar-refractivity contribution in [2.75, 3.05) is 0 Å². The number of nitrogens with zero attached hydrogens (tertiary/aromatic N) is 2. The Hall–Kier alpha value is -7.56. The second kappa shape index (κ2) is 12.0. The van der Waals surface area contributed by atoms with Gasteiger partial charge in [0.05, 0.1) is 22.1 Å². The Morgan fingerprint density at radius 2 is 0.879 bits per heavy atom. The van der Waals surface area contributed by atoms with Crippen LogP contribution in [0.1, 0.15) is 12.8 Å². The fraction of sp³-hybridized carbons (Fsp3) is 0.0370. The largest absolute Gasteiger partial charge is 0.452 e. The average molecular weight is 743 g/mol. The van der Waals surface area contributed by atoms with Gasteiger partial charge in [-0.3, -0.25) is 0 Å². The summed E-state index contributed by atoms with van der Waals surface area (Å²) >= 11 is 0. The molecule has 12 aromatic rings. The number of para-hydroxylation sites is 3. The minimum atomic E-state index is 0.779. The second-order valence-electron chi connectivity index (χ2n) is 15.6. The number of furan rings is 2. The summed E-state index contributed by atoms with van der Waals surface area (Å²) in [5.41, 5.74) is 15.1. The molecule has 1 aliphatic carbocycles. The topological polar surface area (TPSA) is 36.1 Å². The van der Waals surface area contributed by atoms with Gasteiger partial charge in [-0.2, -0.15) is 0 Å². The SMILES string of the molecule is C1=CC(n2c3ccccc3c3cc(-c4ccc5oc6c(ccc7c8cc(-c9cccc(-n%10c%11ccccc%11c%11ccccc%11%10)c9)ccc8oc76)c5c4)ccc32)=CCC1. The summed E-state index contributed by atoms with van der Waals surface area (Å²) in [7, 11) is 0. The summed E-state index contributed by atoms with van der Waals surface area (Å²) in [6.07, 6.45) is 9.05. The van der Waals surface area contributed by atoms with E-state index in [2.05, 4.69) is 191 Å². The highest BCUT2D eigenvalue weighted by Gasteiger charge is 2.19. The lowest BCUT2D eigenvalue weighted by Gasteiger charge is -2.12. The van der Waals surface area contributed by atoms with Crippen molar-refractivity contribution >= 4 is 93.2 Å². The van der Waals surface area contributed by atoms with E-state index < -0.39 is 0 Å². The Balaban J connectivity index is 0.908. The molecule has 0 saturated carbocycles. The molecule has 58 heavy (non-hydrogen) atoms. The number of hydrogen-bond acceptors (Lipinski definition) is 2. The van der Waals surface area contributed by atoms with E-state index in [9.17, 15) is 0 Å². The maximum atomic E-state index is 6.61. The third-order valence-corrected chi connectivity index (χ3v) is 12.3. The average Bonchev–Trinajstić information content (AvgIpc) is 4.04. The fourth-order valence-electron chi connectivity index (χ4n) is 9.65. The third-order valence-electron chi connectivity index (χ3n) is 12.3. The lowest BCUT2D eigenvalue weighted by molar-refractivity contribution is 0.633. The van der Waals surface area contributed by atoms with Crippen LogP contribution in [0, 0.1) is 0 Å². The molecule has 4 aromatic heterocycles. The lowest BCUT2D eigenvalue weighted by Crippen LogP contribution is -1.96. The quantitative estimate of drug-likeness (QED) is 0.180. The summed E-state index contributed by atoms with van der Waals surface area (Å²) in [6.45, 7) is 0. The zero-order chi connectivity index (χ0) is 37.9. The van der Waals surface area contributed by atoms with E-state index in [-0.39, 0.29) is 0 Å². The zero-order valence-corrected chi connectivity index (χ0v) is 31.4. The van der Waals surface area contributed by atoms with E-state index in [0.29, 0.717) is 0 Å². The molecule has 8 aromatic carbocycles. The molecule has 272 valence electrons. The Bertz CT molecular complexity index is 3700.